The van der Waals surface area contributed by atoms with E-state index in [-0.39, 0.29) is 36.2 Å². The minimum Gasteiger partial charge on any atom is -0.506 e. The first-order chi connectivity index (χ1) is 18.2. The number of phenolic OH excluding ortho intramolecular Hbond substituents is 1. The second kappa shape index (κ2) is 12.5. The number of fused-ring (bicyclic) bond motifs is 1. The minimum atomic E-state index is -0.836. The van der Waals surface area contributed by atoms with Gasteiger partial charge in [0, 0.05) is 30.6 Å². The molecule has 0 aliphatic carbocycles. The van der Waals surface area contributed by atoms with Crippen molar-refractivity contribution in [1.29, 1.82) is 0 Å². The van der Waals surface area contributed by atoms with Crippen LogP contribution >= 0.6 is 23.2 Å². The SMILES string of the molecule is C[C@H](Cc1cccc(CC(=O)NCc2ccc(Cl)c(Cl)c2)c1)NC[C@@H](O)c1ccc(O)c2[nH]c(=O)ccc12. The largest absolute Gasteiger partial charge is 0.506 e. The number of rotatable bonds is 10. The highest BCUT2D eigenvalue weighted by Crippen LogP contribution is 2.28. The van der Waals surface area contributed by atoms with E-state index in [1.807, 2.05) is 37.3 Å². The molecule has 1 aromatic heterocycles. The molecule has 0 aliphatic heterocycles. The van der Waals surface area contributed by atoms with Crippen molar-refractivity contribution in [2.24, 2.45) is 0 Å². The molecule has 7 nitrogen and oxygen atoms in total. The van der Waals surface area contributed by atoms with Crippen LogP contribution in [0.25, 0.3) is 10.9 Å². The van der Waals surface area contributed by atoms with Crippen LogP contribution in [0.5, 0.6) is 5.75 Å². The van der Waals surface area contributed by atoms with Gasteiger partial charge in [-0.1, -0.05) is 59.6 Å². The summed E-state index contributed by atoms with van der Waals surface area (Å²) in [6, 6.07) is 19.3. The summed E-state index contributed by atoms with van der Waals surface area (Å²) in [4.78, 5) is 26.7. The van der Waals surface area contributed by atoms with Crippen LogP contribution in [0.2, 0.25) is 10.0 Å². The number of amides is 1. The fourth-order valence-corrected chi connectivity index (χ4v) is 4.68. The maximum Gasteiger partial charge on any atom is 0.248 e. The van der Waals surface area contributed by atoms with Crippen molar-refractivity contribution in [2.45, 2.75) is 38.5 Å². The van der Waals surface area contributed by atoms with Crippen molar-refractivity contribution < 1.29 is 15.0 Å². The first-order valence-electron chi connectivity index (χ1n) is 12.2. The number of H-pyrrole nitrogens is 1. The van der Waals surface area contributed by atoms with Crippen LogP contribution in [0, 0.1) is 0 Å². The molecule has 0 unspecified atom stereocenters. The average molecular weight is 554 g/mol. The van der Waals surface area contributed by atoms with Gasteiger partial charge in [-0.05, 0) is 59.9 Å². The first kappa shape index (κ1) is 27.7. The number of aliphatic hydroxyl groups excluding tert-OH is 1. The van der Waals surface area contributed by atoms with Crippen LogP contribution < -0.4 is 16.2 Å². The number of aromatic hydroxyl groups is 1. The number of benzene rings is 3. The Hall–Kier alpha value is -3.36. The van der Waals surface area contributed by atoms with Gasteiger partial charge >= 0.3 is 0 Å². The Balaban J connectivity index is 1.30. The van der Waals surface area contributed by atoms with E-state index < -0.39 is 6.10 Å². The molecule has 4 rings (SSSR count). The van der Waals surface area contributed by atoms with Gasteiger partial charge in [-0.15, -0.1) is 0 Å². The van der Waals surface area contributed by atoms with E-state index in [0.717, 1.165) is 16.7 Å². The number of carbonyl (C=O) groups excluding carboxylic acids is 1. The standard InChI is InChI=1S/C29H29Cl2N3O4/c1-17(32-16-26(36)21-6-9-25(35)29-22(21)7-10-27(37)34-29)11-18-3-2-4-19(12-18)14-28(38)33-15-20-5-8-23(30)24(31)13-20/h2-10,12-13,17,26,32,35-36H,11,14-16H2,1H3,(H,33,38)(H,34,37)/t17-,26-/m1/s1. The van der Waals surface area contributed by atoms with Crippen LogP contribution in [0.4, 0.5) is 0 Å². The lowest BCUT2D eigenvalue weighted by atomic mass is 10.0. The summed E-state index contributed by atoms with van der Waals surface area (Å²) in [7, 11) is 0. The van der Waals surface area contributed by atoms with Gasteiger partial charge in [-0.3, -0.25) is 9.59 Å². The monoisotopic (exact) mass is 553 g/mol. The van der Waals surface area contributed by atoms with Gasteiger partial charge in [0.2, 0.25) is 11.5 Å². The first-order valence-corrected chi connectivity index (χ1v) is 13.0. The van der Waals surface area contributed by atoms with E-state index in [1.165, 1.54) is 12.1 Å². The Kier molecular flexibility index (Phi) is 9.07. The number of carbonyl (C=O) groups is 1. The zero-order chi connectivity index (χ0) is 27.2. The van der Waals surface area contributed by atoms with Crippen molar-refractivity contribution in [3.63, 3.8) is 0 Å². The van der Waals surface area contributed by atoms with Crippen molar-refractivity contribution in [3.05, 3.63) is 109 Å². The molecule has 2 atom stereocenters. The summed E-state index contributed by atoms with van der Waals surface area (Å²) in [6.07, 6.45) is 0.123. The number of hydrogen-bond donors (Lipinski definition) is 5. The lowest BCUT2D eigenvalue weighted by Crippen LogP contribution is -2.32. The van der Waals surface area contributed by atoms with E-state index in [9.17, 15) is 19.8 Å². The van der Waals surface area contributed by atoms with Crippen LogP contribution in [0.1, 0.15) is 35.3 Å². The molecule has 4 aromatic rings. The topological polar surface area (TPSA) is 114 Å². The highest BCUT2D eigenvalue weighted by molar-refractivity contribution is 6.42. The number of aromatic amines is 1. The Labute approximate surface area is 230 Å². The van der Waals surface area contributed by atoms with Crippen LogP contribution in [-0.2, 0) is 24.2 Å². The van der Waals surface area contributed by atoms with Crippen molar-refractivity contribution >= 4 is 40.0 Å². The highest BCUT2D eigenvalue weighted by Gasteiger charge is 2.15. The molecule has 0 radical (unpaired) electrons. The number of halogens is 2. The van der Waals surface area contributed by atoms with E-state index in [0.29, 0.717) is 39.5 Å². The van der Waals surface area contributed by atoms with Crippen LogP contribution in [0.3, 0.4) is 0 Å². The summed E-state index contributed by atoms with van der Waals surface area (Å²) >= 11 is 12.0. The van der Waals surface area contributed by atoms with Gasteiger partial charge in [-0.2, -0.15) is 0 Å². The highest BCUT2D eigenvalue weighted by atomic mass is 35.5. The molecule has 9 heteroatoms. The van der Waals surface area contributed by atoms with Crippen molar-refractivity contribution in [3.8, 4) is 5.75 Å². The van der Waals surface area contributed by atoms with Crippen LogP contribution in [0.15, 0.2) is 71.5 Å². The number of phenols is 1. The Morgan fingerprint density at radius 3 is 2.55 bits per heavy atom. The zero-order valence-corrected chi connectivity index (χ0v) is 22.3. The van der Waals surface area contributed by atoms with Gasteiger partial charge in [-0.25, -0.2) is 0 Å². The normalized spacial score (nSPS) is 12.8. The molecule has 0 fully saturated rings. The van der Waals surface area contributed by atoms with Gasteiger partial charge < -0.3 is 25.8 Å². The molecular formula is C29H29Cl2N3O4. The Bertz CT molecular complexity index is 1510. The van der Waals surface area contributed by atoms with Gasteiger partial charge in [0.25, 0.3) is 0 Å². The molecule has 0 bridgehead atoms. The quantitative estimate of drug-likeness (QED) is 0.196. The number of aromatic nitrogens is 1. The average Bonchev–Trinajstić information content (AvgIpc) is 2.88. The number of nitrogens with one attached hydrogen (secondary N) is 3. The maximum absolute atomic E-state index is 12.5. The Morgan fingerprint density at radius 1 is 0.974 bits per heavy atom. The minimum absolute atomic E-state index is 0.0436. The predicted octanol–water partition coefficient (Wildman–Crippen LogP) is 4.65. The number of aliphatic hydroxyl groups is 1. The third kappa shape index (κ3) is 7.14. The molecule has 1 amide bonds. The second-order valence-electron chi connectivity index (χ2n) is 9.34. The van der Waals surface area contributed by atoms with E-state index in [4.69, 9.17) is 23.2 Å². The third-order valence-corrected chi connectivity index (χ3v) is 7.04. The van der Waals surface area contributed by atoms with Gasteiger partial charge in [0.1, 0.15) is 5.75 Å². The molecule has 198 valence electrons. The number of hydrogen-bond acceptors (Lipinski definition) is 5. The van der Waals surface area contributed by atoms with Crippen molar-refractivity contribution in [1.82, 2.24) is 15.6 Å². The van der Waals surface area contributed by atoms with E-state index >= 15 is 0 Å². The molecule has 1 heterocycles. The molecule has 38 heavy (non-hydrogen) atoms. The van der Waals surface area contributed by atoms with Gasteiger partial charge in [0.05, 0.1) is 28.1 Å². The summed E-state index contributed by atoms with van der Waals surface area (Å²) < 4.78 is 0. The smallest absolute Gasteiger partial charge is 0.248 e. The molecule has 0 saturated carbocycles. The summed E-state index contributed by atoms with van der Waals surface area (Å²) in [6.45, 7) is 2.68. The molecule has 0 aliphatic rings. The molecule has 0 spiro atoms. The molecular weight excluding hydrogens is 525 g/mol. The maximum atomic E-state index is 12.5. The van der Waals surface area contributed by atoms with E-state index in [2.05, 4.69) is 15.6 Å². The predicted molar refractivity (Wildman–Crippen MR) is 151 cm³/mol. The van der Waals surface area contributed by atoms with Gasteiger partial charge in [0.15, 0.2) is 0 Å². The fourth-order valence-electron chi connectivity index (χ4n) is 4.36. The van der Waals surface area contributed by atoms with Crippen LogP contribution in [-0.4, -0.2) is 33.7 Å². The number of pyridine rings is 1. The zero-order valence-electron chi connectivity index (χ0n) is 20.8. The third-order valence-electron chi connectivity index (χ3n) is 6.30. The lowest BCUT2D eigenvalue weighted by Gasteiger charge is -2.19. The molecule has 5 N–H and O–H groups in total. The summed E-state index contributed by atoms with van der Waals surface area (Å²) in [5, 5.41) is 28.6. The molecule has 3 aromatic carbocycles. The van der Waals surface area contributed by atoms with Crippen molar-refractivity contribution in [2.75, 3.05) is 6.54 Å². The van der Waals surface area contributed by atoms with E-state index in [1.54, 1.807) is 24.3 Å². The lowest BCUT2D eigenvalue weighted by molar-refractivity contribution is -0.120. The summed E-state index contributed by atoms with van der Waals surface area (Å²) in [5.41, 5.74) is 3.45. The summed E-state index contributed by atoms with van der Waals surface area (Å²) in [5.74, 6) is -0.136. The molecule has 0 saturated heterocycles. The fraction of sp³-hybridized carbons (Fsp3) is 0.241. The Morgan fingerprint density at radius 2 is 1.76 bits per heavy atom. The second-order valence-corrected chi connectivity index (χ2v) is 10.2.